The maximum atomic E-state index is 12.0. The smallest absolute Gasteiger partial charge is 0.221 e. The number of amides is 1. The first-order valence-corrected chi connectivity index (χ1v) is 8.10. The van der Waals surface area contributed by atoms with E-state index < -0.39 is 0 Å². The summed E-state index contributed by atoms with van der Waals surface area (Å²) in [6.45, 7) is 5.77. The van der Waals surface area contributed by atoms with Gasteiger partial charge >= 0.3 is 0 Å². The molecule has 0 aliphatic carbocycles. The van der Waals surface area contributed by atoms with Crippen molar-refractivity contribution in [2.75, 3.05) is 13.1 Å². The summed E-state index contributed by atoms with van der Waals surface area (Å²) < 4.78 is 0. The molecule has 0 radical (unpaired) electrons. The number of hydrogen-bond donors (Lipinski definition) is 2. The molecule has 2 N–H and O–H groups in total. The van der Waals surface area contributed by atoms with Gasteiger partial charge in [0.25, 0.3) is 0 Å². The molecule has 1 aliphatic heterocycles. The van der Waals surface area contributed by atoms with Crippen LogP contribution in [0, 0.1) is 0 Å². The number of rotatable bonds is 5. The maximum absolute atomic E-state index is 12.0. The van der Waals surface area contributed by atoms with Crippen LogP contribution in [0.5, 0.6) is 0 Å². The fourth-order valence-electron chi connectivity index (χ4n) is 2.57. The molecule has 1 aliphatic rings. The van der Waals surface area contributed by atoms with Gasteiger partial charge in [-0.25, -0.2) is 0 Å². The number of carbonyl (C=O) groups excluding carboxylic acids is 1. The number of halogens is 2. The van der Waals surface area contributed by atoms with Crippen molar-refractivity contribution >= 4 is 29.1 Å². The Hall–Kier alpha value is -0.770. The van der Waals surface area contributed by atoms with Crippen molar-refractivity contribution in [1.82, 2.24) is 10.6 Å². The molecule has 116 valence electrons. The van der Waals surface area contributed by atoms with Crippen LogP contribution in [0.15, 0.2) is 18.2 Å². The average molecular weight is 329 g/mol. The van der Waals surface area contributed by atoms with Gasteiger partial charge in [0.1, 0.15) is 0 Å². The van der Waals surface area contributed by atoms with Crippen LogP contribution in [0.2, 0.25) is 10.0 Å². The van der Waals surface area contributed by atoms with Gasteiger partial charge < -0.3 is 10.6 Å². The van der Waals surface area contributed by atoms with Crippen molar-refractivity contribution in [2.45, 2.75) is 44.6 Å². The monoisotopic (exact) mass is 328 g/mol. The first-order chi connectivity index (χ1) is 9.88. The summed E-state index contributed by atoms with van der Waals surface area (Å²) >= 11 is 12.0. The second kappa shape index (κ2) is 6.99. The third kappa shape index (κ3) is 4.60. The predicted molar refractivity (Wildman–Crippen MR) is 88.1 cm³/mol. The SMILES string of the molecule is CC(C)(CNC(=O)CC1CCCN1)c1ccc(Cl)c(Cl)c1. The molecule has 21 heavy (non-hydrogen) atoms. The highest BCUT2D eigenvalue weighted by Gasteiger charge is 2.23. The van der Waals surface area contributed by atoms with Gasteiger partial charge in [-0.05, 0) is 37.1 Å². The van der Waals surface area contributed by atoms with Gasteiger partial charge in [-0.3, -0.25) is 4.79 Å². The molecule has 1 saturated heterocycles. The fourth-order valence-corrected chi connectivity index (χ4v) is 2.86. The summed E-state index contributed by atoms with van der Waals surface area (Å²) in [5.74, 6) is 0.0996. The molecule has 5 heteroatoms. The second-order valence-corrected chi connectivity index (χ2v) is 7.10. The minimum absolute atomic E-state index is 0.0996. The van der Waals surface area contributed by atoms with E-state index in [-0.39, 0.29) is 11.3 Å². The van der Waals surface area contributed by atoms with Crippen LogP contribution < -0.4 is 10.6 Å². The molecule has 1 unspecified atom stereocenters. The van der Waals surface area contributed by atoms with Gasteiger partial charge in [-0.1, -0.05) is 43.1 Å². The van der Waals surface area contributed by atoms with E-state index in [4.69, 9.17) is 23.2 Å². The molecule has 3 nitrogen and oxygen atoms in total. The van der Waals surface area contributed by atoms with Crippen LogP contribution in [0.25, 0.3) is 0 Å². The molecule has 1 atom stereocenters. The minimum Gasteiger partial charge on any atom is -0.355 e. The van der Waals surface area contributed by atoms with Crippen LogP contribution in [-0.4, -0.2) is 25.0 Å². The van der Waals surface area contributed by atoms with Gasteiger partial charge in [-0.15, -0.1) is 0 Å². The highest BCUT2D eigenvalue weighted by Crippen LogP contribution is 2.29. The molecule has 0 saturated carbocycles. The third-order valence-electron chi connectivity index (χ3n) is 4.02. The van der Waals surface area contributed by atoms with E-state index in [1.54, 1.807) is 6.07 Å². The Kier molecular flexibility index (Phi) is 5.53. The highest BCUT2D eigenvalue weighted by atomic mass is 35.5. The summed E-state index contributed by atoms with van der Waals surface area (Å²) in [7, 11) is 0. The zero-order valence-electron chi connectivity index (χ0n) is 12.5. The predicted octanol–water partition coefficient (Wildman–Crippen LogP) is 3.53. The Balaban J connectivity index is 1.90. The second-order valence-electron chi connectivity index (χ2n) is 6.29. The quantitative estimate of drug-likeness (QED) is 0.868. The Morgan fingerprint density at radius 3 is 2.76 bits per heavy atom. The van der Waals surface area contributed by atoms with Crippen LogP contribution >= 0.6 is 23.2 Å². The van der Waals surface area contributed by atoms with Crippen LogP contribution in [0.1, 0.15) is 38.7 Å². The topological polar surface area (TPSA) is 41.1 Å². The lowest BCUT2D eigenvalue weighted by Gasteiger charge is -2.26. The standard InChI is InChI=1S/C16H22Cl2N2O/c1-16(2,11-5-6-13(17)14(18)8-11)10-20-15(21)9-12-4-3-7-19-12/h5-6,8,12,19H,3-4,7,9-10H2,1-2H3,(H,20,21). The van der Waals surface area contributed by atoms with Crippen molar-refractivity contribution in [3.63, 3.8) is 0 Å². The van der Waals surface area contributed by atoms with E-state index in [1.807, 2.05) is 12.1 Å². The number of hydrogen-bond acceptors (Lipinski definition) is 2. The molecule has 1 fully saturated rings. The van der Waals surface area contributed by atoms with E-state index in [1.165, 1.54) is 0 Å². The summed E-state index contributed by atoms with van der Waals surface area (Å²) in [5.41, 5.74) is 0.878. The van der Waals surface area contributed by atoms with Gasteiger partial charge in [0.05, 0.1) is 10.0 Å². The lowest BCUT2D eigenvalue weighted by molar-refractivity contribution is -0.121. The van der Waals surface area contributed by atoms with E-state index in [9.17, 15) is 4.79 Å². The largest absolute Gasteiger partial charge is 0.355 e. The molecule has 2 rings (SSSR count). The first kappa shape index (κ1) is 16.6. The van der Waals surface area contributed by atoms with Crippen molar-refractivity contribution in [3.05, 3.63) is 33.8 Å². The summed E-state index contributed by atoms with van der Waals surface area (Å²) in [6.07, 6.45) is 2.80. The molecule has 1 aromatic rings. The molecular weight excluding hydrogens is 307 g/mol. The van der Waals surface area contributed by atoms with E-state index in [0.29, 0.717) is 29.1 Å². The van der Waals surface area contributed by atoms with E-state index in [2.05, 4.69) is 24.5 Å². The molecular formula is C16H22Cl2N2O. The van der Waals surface area contributed by atoms with Crippen LogP contribution in [0.4, 0.5) is 0 Å². The zero-order valence-corrected chi connectivity index (χ0v) is 14.0. The lowest BCUT2D eigenvalue weighted by atomic mass is 9.84. The zero-order chi connectivity index (χ0) is 15.5. The summed E-state index contributed by atoms with van der Waals surface area (Å²) in [6, 6.07) is 5.96. The lowest BCUT2D eigenvalue weighted by Crippen LogP contribution is -2.39. The highest BCUT2D eigenvalue weighted by molar-refractivity contribution is 6.42. The Bertz CT molecular complexity index is 511. The summed E-state index contributed by atoms with van der Waals surface area (Å²) in [4.78, 5) is 12.0. The van der Waals surface area contributed by atoms with Gasteiger partial charge in [0.2, 0.25) is 5.91 Å². The number of benzene rings is 1. The molecule has 0 spiro atoms. The molecule has 1 heterocycles. The number of carbonyl (C=O) groups is 1. The number of nitrogens with one attached hydrogen (secondary N) is 2. The fraction of sp³-hybridized carbons (Fsp3) is 0.562. The van der Waals surface area contributed by atoms with Crippen molar-refractivity contribution in [2.24, 2.45) is 0 Å². The van der Waals surface area contributed by atoms with E-state index >= 15 is 0 Å². The summed E-state index contributed by atoms with van der Waals surface area (Å²) in [5, 5.41) is 7.46. The van der Waals surface area contributed by atoms with Crippen molar-refractivity contribution in [1.29, 1.82) is 0 Å². The molecule has 0 aromatic heterocycles. The Morgan fingerprint density at radius 1 is 1.38 bits per heavy atom. The normalized spacial score (nSPS) is 18.8. The van der Waals surface area contributed by atoms with Crippen LogP contribution in [-0.2, 0) is 10.2 Å². The van der Waals surface area contributed by atoms with Crippen LogP contribution in [0.3, 0.4) is 0 Å². The van der Waals surface area contributed by atoms with Gasteiger partial charge in [0.15, 0.2) is 0 Å². The molecule has 1 amide bonds. The Morgan fingerprint density at radius 2 is 2.14 bits per heavy atom. The van der Waals surface area contributed by atoms with E-state index in [0.717, 1.165) is 24.9 Å². The minimum atomic E-state index is -0.188. The van der Waals surface area contributed by atoms with Gasteiger partial charge in [-0.2, -0.15) is 0 Å². The third-order valence-corrected chi connectivity index (χ3v) is 4.76. The average Bonchev–Trinajstić information content (AvgIpc) is 2.92. The van der Waals surface area contributed by atoms with Gasteiger partial charge in [0, 0.05) is 24.4 Å². The van der Waals surface area contributed by atoms with Crippen molar-refractivity contribution < 1.29 is 4.79 Å². The first-order valence-electron chi connectivity index (χ1n) is 7.34. The maximum Gasteiger partial charge on any atom is 0.221 e. The van der Waals surface area contributed by atoms with Crippen molar-refractivity contribution in [3.8, 4) is 0 Å². The Labute approximate surface area is 136 Å². The molecule has 1 aromatic carbocycles. The molecule has 0 bridgehead atoms.